The van der Waals surface area contributed by atoms with Gasteiger partial charge in [-0.15, -0.1) is 0 Å². The first-order valence-electron chi connectivity index (χ1n) is 7.03. The summed E-state index contributed by atoms with van der Waals surface area (Å²) in [5.41, 5.74) is 1.01. The topological polar surface area (TPSA) is 30.5 Å². The van der Waals surface area contributed by atoms with Gasteiger partial charge in [-0.3, -0.25) is 0 Å². The van der Waals surface area contributed by atoms with Gasteiger partial charge in [0.1, 0.15) is 0 Å². The van der Waals surface area contributed by atoms with Crippen LogP contribution in [0.15, 0.2) is 18.2 Å². The van der Waals surface area contributed by atoms with E-state index in [2.05, 4.69) is 12.2 Å². The third-order valence-corrected chi connectivity index (χ3v) is 2.85. The van der Waals surface area contributed by atoms with Crippen LogP contribution in [0.2, 0.25) is 0 Å². The molecule has 3 nitrogen and oxygen atoms in total. The zero-order chi connectivity index (χ0) is 15.7. The average molecular weight is 305 g/mol. The summed E-state index contributed by atoms with van der Waals surface area (Å²) in [6.45, 7) is 3.70. The van der Waals surface area contributed by atoms with Gasteiger partial charge in [0.15, 0.2) is 11.5 Å². The minimum absolute atomic E-state index is 0.0156. The molecule has 1 N–H and O–H groups in total. The Hall–Kier alpha value is -1.43. The van der Waals surface area contributed by atoms with Gasteiger partial charge in [-0.05, 0) is 37.1 Å². The van der Waals surface area contributed by atoms with Crippen molar-refractivity contribution in [2.75, 3.05) is 20.3 Å². The van der Waals surface area contributed by atoms with Crippen LogP contribution in [0.3, 0.4) is 0 Å². The molecule has 0 bridgehead atoms. The number of alkyl halides is 3. The molecular weight excluding hydrogens is 283 g/mol. The van der Waals surface area contributed by atoms with E-state index in [1.54, 1.807) is 12.1 Å². The monoisotopic (exact) mass is 305 g/mol. The molecule has 0 radical (unpaired) electrons. The molecule has 120 valence electrons. The standard InChI is InChI=1S/C15H22F3NO2/c1-3-8-19-11-12-5-6-13(20-2)14(10-12)21-9-4-7-15(16,17)18/h5-6,10,19H,3-4,7-9,11H2,1-2H3. The first kappa shape index (κ1) is 17.6. The maximum Gasteiger partial charge on any atom is 0.389 e. The average Bonchev–Trinajstić information content (AvgIpc) is 2.43. The summed E-state index contributed by atoms with van der Waals surface area (Å²) in [4.78, 5) is 0. The largest absolute Gasteiger partial charge is 0.493 e. The molecule has 0 spiro atoms. The summed E-state index contributed by atoms with van der Waals surface area (Å²) in [6.07, 6.45) is -4.01. The molecule has 0 aliphatic rings. The molecule has 0 amide bonds. The van der Waals surface area contributed by atoms with E-state index >= 15 is 0 Å². The van der Waals surface area contributed by atoms with Crippen LogP contribution in [0, 0.1) is 0 Å². The van der Waals surface area contributed by atoms with E-state index in [4.69, 9.17) is 9.47 Å². The van der Waals surface area contributed by atoms with Gasteiger partial charge >= 0.3 is 6.18 Å². The Morgan fingerprint density at radius 3 is 2.57 bits per heavy atom. The Bertz CT molecular complexity index is 422. The molecule has 0 saturated carbocycles. The highest BCUT2D eigenvalue weighted by Gasteiger charge is 2.26. The molecule has 1 rings (SSSR count). The zero-order valence-corrected chi connectivity index (χ0v) is 12.4. The number of hydrogen-bond donors (Lipinski definition) is 1. The van der Waals surface area contributed by atoms with Crippen molar-refractivity contribution in [2.24, 2.45) is 0 Å². The third-order valence-electron chi connectivity index (χ3n) is 2.85. The molecule has 0 heterocycles. The highest BCUT2D eigenvalue weighted by atomic mass is 19.4. The Morgan fingerprint density at radius 2 is 1.95 bits per heavy atom. The Kier molecular flexibility index (Phi) is 7.36. The molecule has 0 aliphatic carbocycles. The molecule has 21 heavy (non-hydrogen) atoms. The Labute approximate surface area is 123 Å². The number of hydrogen-bond acceptors (Lipinski definition) is 3. The summed E-state index contributed by atoms with van der Waals surface area (Å²) in [6, 6.07) is 5.47. The molecule has 1 aromatic carbocycles. The lowest BCUT2D eigenvalue weighted by Gasteiger charge is -2.13. The van der Waals surface area contributed by atoms with Crippen LogP contribution in [-0.2, 0) is 6.54 Å². The fraction of sp³-hybridized carbons (Fsp3) is 0.600. The molecule has 0 saturated heterocycles. The Balaban J connectivity index is 2.55. The third kappa shape index (κ3) is 7.22. The van der Waals surface area contributed by atoms with Gasteiger partial charge in [0.05, 0.1) is 13.7 Å². The van der Waals surface area contributed by atoms with E-state index in [0.29, 0.717) is 18.0 Å². The Morgan fingerprint density at radius 1 is 1.19 bits per heavy atom. The lowest BCUT2D eigenvalue weighted by Crippen LogP contribution is -2.14. The van der Waals surface area contributed by atoms with Crippen molar-refractivity contribution >= 4 is 0 Å². The van der Waals surface area contributed by atoms with Crippen molar-refractivity contribution in [1.82, 2.24) is 5.32 Å². The minimum Gasteiger partial charge on any atom is -0.493 e. The number of halogens is 3. The number of methoxy groups -OCH3 is 1. The first-order valence-corrected chi connectivity index (χ1v) is 7.03. The fourth-order valence-corrected chi connectivity index (χ4v) is 1.81. The first-order chi connectivity index (χ1) is 9.96. The van der Waals surface area contributed by atoms with Crippen LogP contribution in [0.5, 0.6) is 11.5 Å². The second-order valence-electron chi connectivity index (χ2n) is 4.73. The molecule has 6 heteroatoms. The van der Waals surface area contributed by atoms with Crippen LogP contribution >= 0.6 is 0 Å². The van der Waals surface area contributed by atoms with Crippen LogP contribution in [0.25, 0.3) is 0 Å². The smallest absolute Gasteiger partial charge is 0.389 e. The number of ether oxygens (including phenoxy) is 2. The van der Waals surface area contributed by atoms with E-state index in [0.717, 1.165) is 18.5 Å². The zero-order valence-electron chi connectivity index (χ0n) is 12.4. The predicted molar refractivity (Wildman–Crippen MR) is 75.8 cm³/mol. The molecule has 0 aromatic heterocycles. The summed E-state index contributed by atoms with van der Waals surface area (Å²) < 4.78 is 46.8. The summed E-state index contributed by atoms with van der Waals surface area (Å²) in [5, 5.41) is 3.26. The second kappa shape index (κ2) is 8.77. The lowest BCUT2D eigenvalue weighted by atomic mass is 10.2. The lowest BCUT2D eigenvalue weighted by molar-refractivity contribution is -0.136. The molecule has 0 aliphatic heterocycles. The van der Waals surface area contributed by atoms with Crippen molar-refractivity contribution in [2.45, 2.75) is 38.9 Å². The molecule has 0 unspecified atom stereocenters. The molecule has 0 atom stereocenters. The highest BCUT2D eigenvalue weighted by Crippen LogP contribution is 2.29. The van der Waals surface area contributed by atoms with E-state index in [9.17, 15) is 13.2 Å². The van der Waals surface area contributed by atoms with Gasteiger partial charge in [0, 0.05) is 13.0 Å². The van der Waals surface area contributed by atoms with Crippen molar-refractivity contribution in [3.05, 3.63) is 23.8 Å². The van der Waals surface area contributed by atoms with Crippen molar-refractivity contribution in [3.63, 3.8) is 0 Å². The number of rotatable bonds is 9. The predicted octanol–water partition coefficient (Wildman–Crippen LogP) is 3.92. The quantitative estimate of drug-likeness (QED) is 0.702. The minimum atomic E-state index is -4.14. The van der Waals surface area contributed by atoms with Gasteiger partial charge in [-0.2, -0.15) is 13.2 Å². The van der Waals surface area contributed by atoms with Gasteiger partial charge in [-0.1, -0.05) is 13.0 Å². The van der Waals surface area contributed by atoms with Crippen LogP contribution in [-0.4, -0.2) is 26.4 Å². The van der Waals surface area contributed by atoms with E-state index in [1.165, 1.54) is 7.11 Å². The fourth-order valence-electron chi connectivity index (χ4n) is 1.81. The number of benzene rings is 1. The highest BCUT2D eigenvalue weighted by molar-refractivity contribution is 5.42. The normalized spacial score (nSPS) is 11.5. The molecule has 0 fully saturated rings. The van der Waals surface area contributed by atoms with Gasteiger partial charge in [0.2, 0.25) is 0 Å². The van der Waals surface area contributed by atoms with Crippen LogP contribution in [0.1, 0.15) is 31.7 Å². The number of nitrogens with one attached hydrogen (secondary N) is 1. The summed E-state index contributed by atoms with van der Waals surface area (Å²) in [7, 11) is 1.51. The van der Waals surface area contributed by atoms with Crippen molar-refractivity contribution in [1.29, 1.82) is 0 Å². The maximum absolute atomic E-state index is 12.1. The van der Waals surface area contributed by atoms with E-state index in [-0.39, 0.29) is 13.0 Å². The SMILES string of the molecule is CCCNCc1ccc(OC)c(OCCCC(F)(F)F)c1. The molecular formula is C15H22F3NO2. The van der Waals surface area contributed by atoms with Crippen molar-refractivity contribution in [3.8, 4) is 11.5 Å². The van der Waals surface area contributed by atoms with E-state index in [1.807, 2.05) is 6.07 Å². The van der Waals surface area contributed by atoms with Gasteiger partial charge in [-0.25, -0.2) is 0 Å². The van der Waals surface area contributed by atoms with Crippen molar-refractivity contribution < 1.29 is 22.6 Å². The maximum atomic E-state index is 12.1. The van der Waals surface area contributed by atoms with Gasteiger partial charge < -0.3 is 14.8 Å². The van der Waals surface area contributed by atoms with Gasteiger partial charge in [0.25, 0.3) is 0 Å². The second-order valence-corrected chi connectivity index (χ2v) is 4.73. The molecule has 1 aromatic rings. The summed E-state index contributed by atoms with van der Waals surface area (Å²) >= 11 is 0. The van der Waals surface area contributed by atoms with Crippen LogP contribution in [0.4, 0.5) is 13.2 Å². The summed E-state index contributed by atoms with van der Waals surface area (Å²) in [5.74, 6) is 1.01. The van der Waals surface area contributed by atoms with Crippen LogP contribution < -0.4 is 14.8 Å². The van der Waals surface area contributed by atoms with E-state index < -0.39 is 12.6 Å².